The van der Waals surface area contributed by atoms with Gasteiger partial charge in [-0.15, -0.1) is 0 Å². The molecule has 0 spiro atoms. The number of hydrogen-bond acceptors (Lipinski definition) is 3. The monoisotopic (exact) mass is 311 g/mol. The van der Waals surface area contributed by atoms with Crippen LogP contribution in [0.15, 0.2) is 54.6 Å². The topological polar surface area (TPSA) is 47.6 Å². The Morgan fingerprint density at radius 3 is 2.52 bits per heavy atom. The normalized spacial score (nSPS) is 17.0. The average Bonchev–Trinajstić information content (AvgIpc) is 3.13. The second-order valence-electron chi connectivity index (χ2n) is 5.62. The van der Waals surface area contributed by atoms with E-state index in [4.69, 9.17) is 9.47 Å². The molecular weight excluding hydrogens is 290 g/mol. The summed E-state index contributed by atoms with van der Waals surface area (Å²) in [5.41, 5.74) is 2.29. The number of ether oxygens (including phenoxy) is 2. The van der Waals surface area contributed by atoms with Crippen molar-refractivity contribution >= 4 is 5.91 Å². The largest absolute Gasteiger partial charge is 0.484 e. The van der Waals surface area contributed by atoms with Gasteiger partial charge in [0.15, 0.2) is 6.61 Å². The third-order valence-corrected chi connectivity index (χ3v) is 3.88. The molecule has 2 aromatic rings. The van der Waals surface area contributed by atoms with Gasteiger partial charge < -0.3 is 14.8 Å². The molecule has 0 radical (unpaired) electrons. The van der Waals surface area contributed by atoms with Gasteiger partial charge in [0.1, 0.15) is 5.75 Å². The van der Waals surface area contributed by atoms with E-state index in [-0.39, 0.29) is 18.6 Å². The molecule has 3 rings (SSSR count). The lowest BCUT2D eigenvalue weighted by Gasteiger charge is -2.11. The van der Waals surface area contributed by atoms with E-state index in [0.29, 0.717) is 12.3 Å². The number of amides is 1. The van der Waals surface area contributed by atoms with Crippen molar-refractivity contribution < 1.29 is 14.3 Å². The van der Waals surface area contributed by atoms with Crippen molar-refractivity contribution in [3.63, 3.8) is 0 Å². The SMILES string of the molecule is O=C(COc1ccc(-c2ccccc2)cc1)NC[C@@H]1CCCO1. The van der Waals surface area contributed by atoms with E-state index in [1.807, 2.05) is 42.5 Å². The van der Waals surface area contributed by atoms with Crippen molar-refractivity contribution in [2.24, 2.45) is 0 Å². The number of hydrogen-bond donors (Lipinski definition) is 1. The zero-order valence-electron chi connectivity index (χ0n) is 13.0. The summed E-state index contributed by atoms with van der Waals surface area (Å²) in [7, 11) is 0. The highest BCUT2D eigenvalue weighted by atomic mass is 16.5. The number of benzene rings is 2. The summed E-state index contributed by atoms with van der Waals surface area (Å²) in [4.78, 5) is 11.8. The minimum absolute atomic E-state index is 0.0252. The molecular formula is C19H21NO3. The molecule has 1 N–H and O–H groups in total. The van der Waals surface area contributed by atoms with Crippen LogP contribution in [0.1, 0.15) is 12.8 Å². The van der Waals surface area contributed by atoms with E-state index in [1.54, 1.807) is 0 Å². The summed E-state index contributed by atoms with van der Waals surface area (Å²) in [6.07, 6.45) is 2.25. The van der Waals surface area contributed by atoms with Gasteiger partial charge in [0.05, 0.1) is 6.10 Å². The van der Waals surface area contributed by atoms with E-state index in [1.165, 1.54) is 0 Å². The van der Waals surface area contributed by atoms with Crippen LogP contribution < -0.4 is 10.1 Å². The molecule has 1 saturated heterocycles. The second-order valence-corrected chi connectivity index (χ2v) is 5.62. The lowest BCUT2D eigenvalue weighted by molar-refractivity contribution is -0.123. The molecule has 1 amide bonds. The van der Waals surface area contributed by atoms with Crippen molar-refractivity contribution in [1.82, 2.24) is 5.32 Å². The highest BCUT2D eigenvalue weighted by molar-refractivity contribution is 5.77. The minimum Gasteiger partial charge on any atom is -0.484 e. The Kier molecular flexibility index (Phi) is 5.27. The molecule has 4 heteroatoms. The molecule has 0 saturated carbocycles. The number of nitrogens with one attached hydrogen (secondary N) is 1. The fraction of sp³-hybridized carbons (Fsp3) is 0.316. The molecule has 0 aromatic heterocycles. The maximum absolute atomic E-state index is 11.8. The third-order valence-electron chi connectivity index (χ3n) is 3.88. The summed E-state index contributed by atoms with van der Waals surface area (Å²) in [6.45, 7) is 1.39. The fourth-order valence-corrected chi connectivity index (χ4v) is 2.61. The van der Waals surface area contributed by atoms with Gasteiger partial charge in [-0.05, 0) is 36.1 Å². The van der Waals surface area contributed by atoms with Crippen molar-refractivity contribution in [3.8, 4) is 16.9 Å². The summed E-state index contributed by atoms with van der Waals surface area (Å²) >= 11 is 0. The highest BCUT2D eigenvalue weighted by Gasteiger charge is 2.16. The van der Waals surface area contributed by atoms with Gasteiger partial charge in [-0.1, -0.05) is 42.5 Å². The molecule has 2 aromatic carbocycles. The van der Waals surface area contributed by atoms with Crippen LogP contribution in [0.4, 0.5) is 0 Å². The van der Waals surface area contributed by atoms with Crippen molar-refractivity contribution in [2.45, 2.75) is 18.9 Å². The predicted molar refractivity (Wildman–Crippen MR) is 89.4 cm³/mol. The first-order valence-corrected chi connectivity index (χ1v) is 7.98. The standard InChI is InChI=1S/C19H21NO3/c21-19(20-13-18-7-4-12-22-18)14-23-17-10-8-16(9-11-17)15-5-2-1-3-6-15/h1-3,5-6,8-11,18H,4,7,12-14H2,(H,20,21)/t18-/m0/s1. The molecule has 1 aliphatic rings. The fourth-order valence-electron chi connectivity index (χ4n) is 2.61. The van der Waals surface area contributed by atoms with Crippen LogP contribution in [0.2, 0.25) is 0 Å². The van der Waals surface area contributed by atoms with E-state index in [2.05, 4.69) is 17.4 Å². The molecule has 23 heavy (non-hydrogen) atoms. The Bertz CT molecular complexity index is 619. The zero-order chi connectivity index (χ0) is 15.9. The quantitative estimate of drug-likeness (QED) is 0.892. The van der Waals surface area contributed by atoms with Crippen LogP contribution in [-0.4, -0.2) is 31.8 Å². The molecule has 4 nitrogen and oxygen atoms in total. The molecule has 1 aliphatic heterocycles. The zero-order valence-corrected chi connectivity index (χ0v) is 13.0. The van der Waals surface area contributed by atoms with Gasteiger partial charge in [0.2, 0.25) is 0 Å². The van der Waals surface area contributed by atoms with Crippen LogP contribution >= 0.6 is 0 Å². The average molecular weight is 311 g/mol. The summed E-state index contributed by atoms with van der Waals surface area (Å²) in [6, 6.07) is 17.9. The van der Waals surface area contributed by atoms with Gasteiger partial charge in [-0.2, -0.15) is 0 Å². The lowest BCUT2D eigenvalue weighted by Crippen LogP contribution is -2.35. The van der Waals surface area contributed by atoms with Crippen molar-refractivity contribution in [2.75, 3.05) is 19.8 Å². The molecule has 0 bridgehead atoms. The molecule has 0 aliphatic carbocycles. The van der Waals surface area contributed by atoms with Gasteiger partial charge >= 0.3 is 0 Å². The van der Waals surface area contributed by atoms with Crippen molar-refractivity contribution in [1.29, 1.82) is 0 Å². The van der Waals surface area contributed by atoms with E-state index >= 15 is 0 Å². The number of rotatable bonds is 6. The summed E-state index contributed by atoms with van der Waals surface area (Å²) in [5, 5.41) is 2.84. The van der Waals surface area contributed by atoms with Crippen LogP contribution in [-0.2, 0) is 9.53 Å². The lowest BCUT2D eigenvalue weighted by atomic mass is 10.1. The summed E-state index contributed by atoms with van der Waals surface area (Å²) in [5.74, 6) is 0.574. The smallest absolute Gasteiger partial charge is 0.258 e. The first kappa shape index (κ1) is 15.6. The maximum Gasteiger partial charge on any atom is 0.258 e. The van der Waals surface area contributed by atoms with E-state index in [0.717, 1.165) is 30.6 Å². The minimum atomic E-state index is -0.118. The number of carbonyl (C=O) groups excluding carboxylic acids is 1. The molecule has 1 fully saturated rings. The Hall–Kier alpha value is -2.33. The van der Waals surface area contributed by atoms with Crippen LogP contribution in [0.3, 0.4) is 0 Å². The molecule has 0 unspecified atom stereocenters. The Morgan fingerprint density at radius 1 is 1.09 bits per heavy atom. The van der Waals surface area contributed by atoms with Crippen molar-refractivity contribution in [3.05, 3.63) is 54.6 Å². The van der Waals surface area contributed by atoms with E-state index < -0.39 is 0 Å². The number of carbonyl (C=O) groups is 1. The molecule has 120 valence electrons. The third kappa shape index (κ3) is 4.57. The maximum atomic E-state index is 11.8. The summed E-state index contributed by atoms with van der Waals surface area (Å²) < 4.78 is 11.0. The Morgan fingerprint density at radius 2 is 1.83 bits per heavy atom. The highest BCUT2D eigenvalue weighted by Crippen LogP contribution is 2.21. The Labute approximate surface area is 136 Å². The van der Waals surface area contributed by atoms with Gasteiger partial charge in [0, 0.05) is 13.2 Å². The van der Waals surface area contributed by atoms with E-state index in [9.17, 15) is 4.79 Å². The Balaban J connectivity index is 1.45. The van der Waals surface area contributed by atoms with Gasteiger partial charge in [-0.3, -0.25) is 4.79 Å². The van der Waals surface area contributed by atoms with Gasteiger partial charge in [-0.25, -0.2) is 0 Å². The predicted octanol–water partition coefficient (Wildman–Crippen LogP) is 3.03. The second kappa shape index (κ2) is 7.79. The first-order valence-electron chi connectivity index (χ1n) is 7.98. The van der Waals surface area contributed by atoms with Gasteiger partial charge in [0.25, 0.3) is 5.91 Å². The molecule has 1 heterocycles. The van der Waals surface area contributed by atoms with Crippen LogP contribution in [0.25, 0.3) is 11.1 Å². The van der Waals surface area contributed by atoms with Crippen LogP contribution in [0, 0.1) is 0 Å². The van der Waals surface area contributed by atoms with Crippen LogP contribution in [0.5, 0.6) is 5.75 Å². The molecule has 1 atom stereocenters. The first-order chi connectivity index (χ1) is 11.3.